The molecule has 0 saturated carbocycles. The van der Waals surface area contributed by atoms with E-state index in [1.807, 2.05) is 0 Å². The Morgan fingerprint density at radius 3 is 2.36 bits per heavy atom. The Morgan fingerprint density at radius 2 is 1.86 bits per heavy atom. The molecule has 120 valence electrons. The molecule has 9 heteroatoms. The van der Waals surface area contributed by atoms with Crippen LogP contribution < -0.4 is 0 Å². The van der Waals surface area contributed by atoms with Crippen LogP contribution in [0.3, 0.4) is 0 Å². The van der Waals surface area contributed by atoms with Crippen molar-refractivity contribution in [3.63, 3.8) is 0 Å². The molecule has 22 heavy (non-hydrogen) atoms. The fourth-order valence-corrected chi connectivity index (χ4v) is 3.27. The molecule has 0 N–H and O–H groups in total. The van der Waals surface area contributed by atoms with Crippen LogP contribution in [-0.4, -0.2) is 31.1 Å². The van der Waals surface area contributed by atoms with Gasteiger partial charge in [0, 0.05) is 13.1 Å². The minimum Gasteiger partial charge on any atom is -0.360 e. The summed E-state index contributed by atoms with van der Waals surface area (Å²) < 4.78 is 69.3. The van der Waals surface area contributed by atoms with Gasteiger partial charge >= 0.3 is 6.18 Å². The predicted molar refractivity (Wildman–Crippen MR) is 72.1 cm³/mol. The molecule has 0 amide bonds. The van der Waals surface area contributed by atoms with Gasteiger partial charge in [-0.15, -0.1) is 0 Å². The van der Waals surface area contributed by atoms with E-state index in [4.69, 9.17) is 0 Å². The molecular weight excluding hydrogens is 321 g/mol. The molecule has 0 fully saturated rings. The molecule has 0 aliphatic rings. The maximum Gasteiger partial charge on any atom is 0.409 e. The SMILES string of the molecule is CN(C(c1ccccc1)C(F)(F)F)S(=O)(=O)Cc1ccno1. The van der Waals surface area contributed by atoms with Gasteiger partial charge in [0.05, 0.1) is 6.20 Å². The zero-order valence-corrected chi connectivity index (χ0v) is 12.3. The van der Waals surface area contributed by atoms with Crippen LogP contribution >= 0.6 is 0 Å². The molecule has 1 aromatic carbocycles. The lowest BCUT2D eigenvalue weighted by Gasteiger charge is -2.29. The summed E-state index contributed by atoms with van der Waals surface area (Å²) >= 11 is 0. The summed E-state index contributed by atoms with van der Waals surface area (Å²) in [5.74, 6) is -0.719. The smallest absolute Gasteiger partial charge is 0.360 e. The van der Waals surface area contributed by atoms with Crippen molar-refractivity contribution < 1.29 is 26.1 Å². The van der Waals surface area contributed by atoms with E-state index >= 15 is 0 Å². The van der Waals surface area contributed by atoms with Crippen LogP contribution in [0, 0.1) is 0 Å². The maximum atomic E-state index is 13.3. The number of benzene rings is 1. The lowest BCUT2D eigenvalue weighted by atomic mass is 10.1. The van der Waals surface area contributed by atoms with Crippen molar-refractivity contribution in [1.29, 1.82) is 0 Å². The number of hydrogen-bond donors (Lipinski definition) is 0. The van der Waals surface area contributed by atoms with Crippen LogP contribution in [0.25, 0.3) is 0 Å². The second kappa shape index (κ2) is 6.09. The first-order chi connectivity index (χ1) is 10.2. The molecule has 0 spiro atoms. The standard InChI is InChI=1S/C13H13F3N2O3S/c1-18(22(19,20)9-11-7-8-17-21-11)12(13(14,15)16)10-5-3-2-4-6-10/h2-8,12H,9H2,1H3. The quantitative estimate of drug-likeness (QED) is 0.843. The molecule has 0 aliphatic heterocycles. The molecule has 5 nitrogen and oxygen atoms in total. The molecule has 2 rings (SSSR count). The Kier molecular flexibility index (Phi) is 4.57. The van der Waals surface area contributed by atoms with E-state index in [9.17, 15) is 21.6 Å². The number of nitrogens with zero attached hydrogens (tertiary/aromatic N) is 2. The number of rotatable bonds is 5. The second-order valence-corrected chi connectivity index (χ2v) is 6.63. The highest BCUT2D eigenvalue weighted by Crippen LogP contribution is 2.38. The van der Waals surface area contributed by atoms with E-state index in [1.165, 1.54) is 36.5 Å². The Morgan fingerprint density at radius 1 is 1.23 bits per heavy atom. The predicted octanol–water partition coefficient (Wildman–Crippen LogP) is 2.74. The van der Waals surface area contributed by atoms with Crippen molar-refractivity contribution in [2.75, 3.05) is 7.05 Å². The van der Waals surface area contributed by atoms with Crippen molar-refractivity contribution >= 4 is 10.0 Å². The van der Waals surface area contributed by atoms with Crippen LogP contribution in [0.4, 0.5) is 13.2 Å². The first kappa shape index (κ1) is 16.5. The number of sulfonamides is 1. The van der Waals surface area contributed by atoms with Gasteiger partial charge < -0.3 is 4.52 Å². The van der Waals surface area contributed by atoms with E-state index in [1.54, 1.807) is 6.07 Å². The van der Waals surface area contributed by atoms with Crippen molar-refractivity contribution in [2.45, 2.75) is 18.0 Å². The van der Waals surface area contributed by atoms with E-state index < -0.39 is 28.0 Å². The molecule has 1 aromatic heterocycles. The molecule has 0 radical (unpaired) electrons. The van der Waals surface area contributed by atoms with Crippen LogP contribution in [0.15, 0.2) is 47.1 Å². The monoisotopic (exact) mass is 334 g/mol. The zero-order valence-electron chi connectivity index (χ0n) is 11.5. The molecule has 1 atom stereocenters. The highest BCUT2D eigenvalue weighted by atomic mass is 32.2. The molecule has 0 saturated heterocycles. The van der Waals surface area contributed by atoms with Gasteiger partial charge in [-0.2, -0.15) is 17.5 Å². The minimum absolute atomic E-state index is 0.0270. The zero-order chi connectivity index (χ0) is 16.4. The highest BCUT2D eigenvalue weighted by Gasteiger charge is 2.47. The Hall–Kier alpha value is -1.87. The minimum atomic E-state index is -4.75. The normalized spacial score (nSPS) is 14.2. The summed E-state index contributed by atoms with van der Waals surface area (Å²) in [6, 6.07) is 5.89. The van der Waals surface area contributed by atoms with Gasteiger partial charge in [0.25, 0.3) is 0 Å². The second-order valence-electron chi connectivity index (χ2n) is 4.61. The molecule has 2 aromatic rings. The lowest BCUT2D eigenvalue weighted by Crippen LogP contribution is -2.40. The number of aromatic nitrogens is 1. The molecule has 0 aliphatic carbocycles. The van der Waals surface area contributed by atoms with Crippen LogP contribution in [0.2, 0.25) is 0 Å². The van der Waals surface area contributed by atoms with Gasteiger partial charge in [0.1, 0.15) is 11.8 Å². The average molecular weight is 334 g/mol. The summed E-state index contributed by atoms with van der Waals surface area (Å²) in [5.41, 5.74) is -0.154. The van der Waals surface area contributed by atoms with E-state index in [-0.39, 0.29) is 11.3 Å². The Bertz CT molecular complexity index is 700. The van der Waals surface area contributed by atoms with Crippen molar-refractivity contribution in [3.8, 4) is 0 Å². The van der Waals surface area contributed by atoms with Gasteiger partial charge in [-0.05, 0) is 5.56 Å². The number of hydrogen-bond acceptors (Lipinski definition) is 4. The third-order valence-electron chi connectivity index (χ3n) is 3.04. The third-order valence-corrected chi connectivity index (χ3v) is 4.78. The number of alkyl halides is 3. The van der Waals surface area contributed by atoms with Crippen LogP contribution in [0.1, 0.15) is 17.4 Å². The van der Waals surface area contributed by atoms with E-state index in [0.717, 1.165) is 7.05 Å². The summed E-state index contributed by atoms with van der Waals surface area (Å²) in [7, 11) is -3.33. The van der Waals surface area contributed by atoms with E-state index in [0.29, 0.717) is 4.31 Å². The maximum absolute atomic E-state index is 13.3. The highest BCUT2D eigenvalue weighted by molar-refractivity contribution is 7.88. The number of halogens is 3. The molecule has 1 unspecified atom stereocenters. The fourth-order valence-electron chi connectivity index (χ4n) is 2.00. The molecule has 1 heterocycles. The summed E-state index contributed by atoms with van der Waals surface area (Å²) in [4.78, 5) is 0. The van der Waals surface area contributed by atoms with Crippen LogP contribution in [0.5, 0.6) is 0 Å². The van der Waals surface area contributed by atoms with Crippen LogP contribution in [-0.2, 0) is 15.8 Å². The molecular formula is C13H13F3N2O3S. The van der Waals surface area contributed by atoms with Crippen molar-refractivity contribution in [2.24, 2.45) is 0 Å². The molecule has 0 bridgehead atoms. The average Bonchev–Trinajstić information content (AvgIpc) is 2.90. The van der Waals surface area contributed by atoms with Gasteiger partial charge in [-0.3, -0.25) is 0 Å². The third kappa shape index (κ3) is 3.66. The van der Waals surface area contributed by atoms with Gasteiger partial charge in [0.15, 0.2) is 5.76 Å². The van der Waals surface area contributed by atoms with Gasteiger partial charge in [-0.1, -0.05) is 35.5 Å². The van der Waals surface area contributed by atoms with Gasteiger partial charge in [-0.25, -0.2) is 8.42 Å². The Labute approximate surface area is 125 Å². The lowest BCUT2D eigenvalue weighted by molar-refractivity contribution is -0.171. The van der Waals surface area contributed by atoms with Gasteiger partial charge in [0.2, 0.25) is 10.0 Å². The summed E-state index contributed by atoms with van der Waals surface area (Å²) in [6.45, 7) is 0. The summed E-state index contributed by atoms with van der Waals surface area (Å²) in [6.07, 6.45) is -3.52. The largest absolute Gasteiger partial charge is 0.409 e. The first-order valence-electron chi connectivity index (χ1n) is 6.19. The fraction of sp³-hybridized carbons (Fsp3) is 0.308. The van der Waals surface area contributed by atoms with Crippen molar-refractivity contribution in [3.05, 3.63) is 53.9 Å². The Balaban J connectivity index is 2.35. The topological polar surface area (TPSA) is 63.4 Å². The summed E-state index contributed by atoms with van der Waals surface area (Å²) in [5, 5.41) is 3.34. The van der Waals surface area contributed by atoms with Crippen molar-refractivity contribution in [1.82, 2.24) is 9.46 Å². The first-order valence-corrected chi connectivity index (χ1v) is 7.79. The van der Waals surface area contributed by atoms with E-state index in [2.05, 4.69) is 9.68 Å².